The second-order valence-electron chi connectivity index (χ2n) is 5.57. The molecule has 138 valence electrons. The van der Waals surface area contributed by atoms with Crippen LogP contribution in [0.1, 0.15) is 5.56 Å². The number of rotatable bonds is 4. The molecule has 9 heteroatoms. The molecule has 1 aliphatic rings. The first kappa shape index (κ1) is 18.5. The van der Waals surface area contributed by atoms with Crippen molar-refractivity contribution in [2.75, 3.05) is 11.9 Å². The van der Waals surface area contributed by atoms with Gasteiger partial charge in [0, 0.05) is 5.69 Å². The number of hydrogen-bond donors (Lipinski definition) is 3. The Hall–Kier alpha value is -3.33. The van der Waals surface area contributed by atoms with Crippen LogP contribution < -0.4 is 5.32 Å². The molecule has 3 amide bonds. The molecule has 2 aromatic carbocycles. The fourth-order valence-corrected chi connectivity index (χ4v) is 3.13. The molecule has 0 atom stereocenters. The van der Waals surface area contributed by atoms with E-state index in [9.17, 15) is 29.0 Å². The average molecular weight is 388 g/mol. The zero-order chi connectivity index (χ0) is 19.6. The zero-order valence-electron chi connectivity index (χ0n) is 13.7. The number of benzene rings is 2. The lowest BCUT2D eigenvalue weighted by molar-refractivity contribution is -0.127. The van der Waals surface area contributed by atoms with Crippen molar-refractivity contribution in [3.63, 3.8) is 0 Å². The molecule has 0 spiro atoms. The Labute approximate surface area is 157 Å². The zero-order valence-corrected chi connectivity index (χ0v) is 14.5. The van der Waals surface area contributed by atoms with Gasteiger partial charge in [0.1, 0.15) is 12.4 Å². The molecule has 1 heterocycles. The second-order valence-corrected chi connectivity index (χ2v) is 6.56. The SMILES string of the molecule is O=C(CN1C(=O)S/C(=C/c2ccc(O)c(O)c2)C1=O)Nc1ccc(F)cc1. The number of nitrogens with zero attached hydrogens (tertiary/aromatic N) is 1. The summed E-state index contributed by atoms with van der Waals surface area (Å²) in [5.74, 6) is -2.37. The highest BCUT2D eigenvalue weighted by molar-refractivity contribution is 8.18. The Morgan fingerprint density at radius 1 is 1.11 bits per heavy atom. The number of nitrogens with one attached hydrogen (secondary N) is 1. The predicted molar refractivity (Wildman–Crippen MR) is 97.5 cm³/mol. The summed E-state index contributed by atoms with van der Waals surface area (Å²) in [6.45, 7) is -0.486. The fraction of sp³-hybridized carbons (Fsp3) is 0.0556. The van der Waals surface area contributed by atoms with Crippen LogP contribution in [0.15, 0.2) is 47.4 Å². The summed E-state index contributed by atoms with van der Waals surface area (Å²) in [4.78, 5) is 37.3. The van der Waals surface area contributed by atoms with Crippen molar-refractivity contribution in [1.82, 2.24) is 4.90 Å². The molecule has 0 aromatic heterocycles. The largest absolute Gasteiger partial charge is 0.504 e. The quantitative estimate of drug-likeness (QED) is 0.549. The Kier molecular flexibility index (Phi) is 5.13. The number of phenolic OH excluding ortho intramolecular Hbond substituents is 2. The number of carbonyl (C=O) groups excluding carboxylic acids is 3. The lowest BCUT2D eigenvalue weighted by Gasteiger charge is -2.12. The first-order valence-electron chi connectivity index (χ1n) is 7.66. The molecule has 0 aliphatic carbocycles. The number of carbonyl (C=O) groups is 3. The number of imide groups is 1. The van der Waals surface area contributed by atoms with Crippen LogP contribution in [0.2, 0.25) is 0 Å². The first-order chi connectivity index (χ1) is 12.8. The van der Waals surface area contributed by atoms with Gasteiger partial charge in [-0.05, 0) is 59.8 Å². The number of hydrogen-bond acceptors (Lipinski definition) is 6. The summed E-state index contributed by atoms with van der Waals surface area (Å²) in [5, 5.41) is 20.7. The van der Waals surface area contributed by atoms with Gasteiger partial charge in [-0.1, -0.05) is 6.07 Å². The van der Waals surface area contributed by atoms with E-state index in [1.165, 1.54) is 48.5 Å². The van der Waals surface area contributed by atoms with E-state index in [1.807, 2.05) is 0 Å². The molecule has 0 saturated carbocycles. The van der Waals surface area contributed by atoms with E-state index in [2.05, 4.69) is 5.32 Å². The van der Waals surface area contributed by atoms with Crippen molar-refractivity contribution >= 4 is 40.6 Å². The van der Waals surface area contributed by atoms with Gasteiger partial charge in [0.05, 0.1) is 4.91 Å². The summed E-state index contributed by atoms with van der Waals surface area (Å²) >= 11 is 0.662. The molecule has 1 aliphatic heterocycles. The number of thioether (sulfide) groups is 1. The van der Waals surface area contributed by atoms with Crippen molar-refractivity contribution in [3.8, 4) is 11.5 Å². The lowest BCUT2D eigenvalue weighted by atomic mass is 10.2. The normalized spacial score (nSPS) is 15.4. The predicted octanol–water partition coefficient (Wildman–Crippen LogP) is 2.91. The van der Waals surface area contributed by atoms with E-state index in [4.69, 9.17) is 0 Å². The van der Waals surface area contributed by atoms with E-state index < -0.39 is 29.4 Å². The van der Waals surface area contributed by atoms with Gasteiger partial charge >= 0.3 is 0 Å². The third-order valence-corrected chi connectivity index (χ3v) is 4.51. The summed E-state index contributed by atoms with van der Waals surface area (Å²) in [5.41, 5.74) is 0.745. The standard InChI is InChI=1S/C18H13FN2O5S/c19-11-2-4-12(5-3-11)20-16(24)9-21-17(25)15(27-18(21)26)8-10-1-6-13(22)14(23)7-10/h1-8,22-23H,9H2,(H,20,24)/b15-8+. The third kappa shape index (κ3) is 4.26. The molecule has 3 N–H and O–H groups in total. The molecule has 0 unspecified atom stereocenters. The number of aromatic hydroxyl groups is 2. The molecular weight excluding hydrogens is 375 g/mol. The van der Waals surface area contributed by atoms with Crippen LogP contribution in [0, 0.1) is 5.82 Å². The van der Waals surface area contributed by atoms with Crippen LogP contribution in [0.25, 0.3) is 6.08 Å². The van der Waals surface area contributed by atoms with E-state index in [0.29, 0.717) is 23.0 Å². The van der Waals surface area contributed by atoms with Crippen LogP contribution in [-0.2, 0) is 9.59 Å². The van der Waals surface area contributed by atoms with E-state index in [-0.39, 0.29) is 16.4 Å². The van der Waals surface area contributed by atoms with Crippen LogP contribution in [0.3, 0.4) is 0 Å². The highest BCUT2D eigenvalue weighted by atomic mass is 32.2. The van der Waals surface area contributed by atoms with Crippen molar-refractivity contribution in [3.05, 3.63) is 58.8 Å². The maximum atomic E-state index is 12.9. The fourth-order valence-electron chi connectivity index (χ4n) is 2.30. The Morgan fingerprint density at radius 3 is 2.48 bits per heavy atom. The van der Waals surface area contributed by atoms with E-state index >= 15 is 0 Å². The molecule has 7 nitrogen and oxygen atoms in total. The number of anilines is 1. The minimum atomic E-state index is -0.646. The van der Waals surface area contributed by atoms with E-state index in [0.717, 1.165) is 4.90 Å². The summed E-state index contributed by atoms with van der Waals surface area (Å²) in [6.07, 6.45) is 1.38. The van der Waals surface area contributed by atoms with Gasteiger partial charge in [0.15, 0.2) is 11.5 Å². The molecule has 2 aromatic rings. The minimum Gasteiger partial charge on any atom is -0.504 e. The van der Waals surface area contributed by atoms with Crippen LogP contribution >= 0.6 is 11.8 Å². The molecule has 1 fully saturated rings. The van der Waals surface area contributed by atoms with Crippen molar-refractivity contribution in [1.29, 1.82) is 0 Å². The Balaban J connectivity index is 1.70. The van der Waals surface area contributed by atoms with E-state index in [1.54, 1.807) is 0 Å². The van der Waals surface area contributed by atoms with Gasteiger partial charge in [0.2, 0.25) is 5.91 Å². The maximum absolute atomic E-state index is 12.9. The number of phenols is 2. The monoisotopic (exact) mass is 388 g/mol. The molecule has 0 radical (unpaired) electrons. The van der Waals surface area contributed by atoms with Gasteiger partial charge in [0.25, 0.3) is 11.1 Å². The van der Waals surface area contributed by atoms with Crippen LogP contribution in [0.4, 0.5) is 14.9 Å². The third-order valence-electron chi connectivity index (χ3n) is 3.60. The highest BCUT2D eigenvalue weighted by Gasteiger charge is 2.36. The van der Waals surface area contributed by atoms with Crippen molar-refractivity contribution in [2.45, 2.75) is 0 Å². The highest BCUT2D eigenvalue weighted by Crippen LogP contribution is 2.33. The molecule has 3 rings (SSSR count). The molecule has 27 heavy (non-hydrogen) atoms. The van der Waals surface area contributed by atoms with Gasteiger partial charge in [-0.3, -0.25) is 19.3 Å². The Bertz CT molecular complexity index is 959. The van der Waals surface area contributed by atoms with Crippen molar-refractivity contribution < 1.29 is 29.0 Å². The second kappa shape index (κ2) is 7.50. The molecule has 1 saturated heterocycles. The van der Waals surface area contributed by atoms with Crippen LogP contribution in [0.5, 0.6) is 11.5 Å². The lowest BCUT2D eigenvalue weighted by Crippen LogP contribution is -2.36. The minimum absolute atomic E-state index is 0.0830. The first-order valence-corrected chi connectivity index (χ1v) is 8.48. The number of halogens is 1. The topological polar surface area (TPSA) is 107 Å². The Morgan fingerprint density at radius 2 is 1.81 bits per heavy atom. The van der Waals surface area contributed by atoms with Gasteiger partial charge in [-0.2, -0.15) is 0 Å². The van der Waals surface area contributed by atoms with Crippen molar-refractivity contribution in [2.24, 2.45) is 0 Å². The summed E-state index contributed by atoms with van der Waals surface area (Å²) in [6, 6.07) is 9.02. The van der Waals surface area contributed by atoms with Crippen LogP contribution in [-0.4, -0.2) is 38.7 Å². The molecular formula is C18H13FN2O5S. The summed E-state index contributed by atoms with van der Waals surface area (Å²) in [7, 11) is 0. The van der Waals surface area contributed by atoms with Gasteiger partial charge in [-0.25, -0.2) is 4.39 Å². The molecule has 0 bridgehead atoms. The summed E-state index contributed by atoms with van der Waals surface area (Å²) < 4.78 is 12.9. The van der Waals surface area contributed by atoms with Gasteiger partial charge in [-0.15, -0.1) is 0 Å². The van der Waals surface area contributed by atoms with Gasteiger partial charge < -0.3 is 15.5 Å². The average Bonchev–Trinajstić information content (AvgIpc) is 2.87. The maximum Gasteiger partial charge on any atom is 0.294 e. The smallest absolute Gasteiger partial charge is 0.294 e. The number of amides is 3.